The van der Waals surface area contributed by atoms with E-state index in [0.29, 0.717) is 6.04 Å². The van der Waals surface area contributed by atoms with E-state index in [4.69, 9.17) is 4.74 Å². The standard InChI is InChI=1S/C16H31N3O/c1-2-17-16(14-6-10-20-13-14)12-18-8-9-19-7-4-3-5-15(19)11-18/h14-17H,2-13H2,1H3. The summed E-state index contributed by atoms with van der Waals surface area (Å²) in [6, 6.07) is 1.46. The SMILES string of the molecule is CCNC(CN1CCN2CCCCC2C1)C1CCOC1. The molecule has 3 rings (SSSR count). The largest absolute Gasteiger partial charge is 0.381 e. The molecule has 0 saturated carbocycles. The van der Waals surface area contributed by atoms with Crippen LogP contribution in [0.15, 0.2) is 0 Å². The van der Waals surface area contributed by atoms with Crippen molar-refractivity contribution >= 4 is 0 Å². The van der Waals surface area contributed by atoms with Gasteiger partial charge in [-0.1, -0.05) is 13.3 Å². The fourth-order valence-corrected chi connectivity index (χ4v) is 4.18. The summed E-state index contributed by atoms with van der Waals surface area (Å²) in [5.74, 6) is 0.722. The monoisotopic (exact) mass is 281 g/mol. The molecule has 3 fully saturated rings. The zero-order valence-corrected chi connectivity index (χ0v) is 13.0. The van der Waals surface area contributed by atoms with Gasteiger partial charge in [0.15, 0.2) is 0 Å². The van der Waals surface area contributed by atoms with Crippen molar-refractivity contribution < 1.29 is 4.74 Å². The van der Waals surface area contributed by atoms with Crippen LogP contribution in [0, 0.1) is 5.92 Å². The molecular weight excluding hydrogens is 250 g/mol. The topological polar surface area (TPSA) is 27.7 Å². The van der Waals surface area contributed by atoms with Gasteiger partial charge in [-0.25, -0.2) is 0 Å². The fraction of sp³-hybridized carbons (Fsp3) is 1.00. The maximum Gasteiger partial charge on any atom is 0.0510 e. The predicted octanol–water partition coefficient (Wildman–Crippen LogP) is 1.17. The van der Waals surface area contributed by atoms with Gasteiger partial charge in [0, 0.05) is 50.8 Å². The minimum Gasteiger partial charge on any atom is -0.381 e. The fourth-order valence-electron chi connectivity index (χ4n) is 4.18. The molecule has 3 heterocycles. The minimum atomic E-state index is 0.623. The zero-order valence-electron chi connectivity index (χ0n) is 13.0. The van der Waals surface area contributed by atoms with Crippen LogP contribution in [-0.4, -0.2) is 74.4 Å². The second-order valence-electron chi connectivity index (χ2n) is 6.73. The Morgan fingerprint density at radius 3 is 2.95 bits per heavy atom. The predicted molar refractivity (Wildman–Crippen MR) is 82.0 cm³/mol. The summed E-state index contributed by atoms with van der Waals surface area (Å²) >= 11 is 0. The molecule has 0 aromatic heterocycles. The zero-order chi connectivity index (χ0) is 13.8. The molecule has 3 aliphatic heterocycles. The number of nitrogens with one attached hydrogen (secondary N) is 1. The summed E-state index contributed by atoms with van der Waals surface area (Å²) < 4.78 is 5.59. The van der Waals surface area contributed by atoms with Crippen molar-refractivity contribution in [3.05, 3.63) is 0 Å². The molecule has 0 aromatic carbocycles. The van der Waals surface area contributed by atoms with Crippen LogP contribution in [0.1, 0.15) is 32.6 Å². The molecule has 0 spiro atoms. The molecule has 3 saturated heterocycles. The highest BCUT2D eigenvalue weighted by Gasteiger charge is 2.32. The van der Waals surface area contributed by atoms with Crippen LogP contribution < -0.4 is 5.32 Å². The van der Waals surface area contributed by atoms with E-state index in [2.05, 4.69) is 22.0 Å². The lowest BCUT2D eigenvalue weighted by molar-refractivity contribution is 0.0404. The van der Waals surface area contributed by atoms with Crippen LogP contribution in [0.25, 0.3) is 0 Å². The molecule has 4 heteroatoms. The van der Waals surface area contributed by atoms with E-state index in [9.17, 15) is 0 Å². The summed E-state index contributed by atoms with van der Waals surface area (Å²) in [4.78, 5) is 5.43. The number of hydrogen-bond donors (Lipinski definition) is 1. The van der Waals surface area contributed by atoms with Crippen LogP contribution in [0.4, 0.5) is 0 Å². The molecular formula is C16H31N3O. The molecule has 116 valence electrons. The Hall–Kier alpha value is -0.160. The second-order valence-corrected chi connectivity index (χ2v) is 6.73. The Labute approximate surface area is 123 Å². The Morgan fingerprint density at radius 2 is 2.15 bits per heavy atom. The summed E-state index contributed by atoms with van der Waals surface area (Å²) in [7, 11) is 0. The maximum atomic E-state index is 5.59. The van der Waals surface area contributed by atoms with E-state index in [1.165, 1.54) is 58.4 Å². The highest BCUT2D eigenvalue weighted by molar-refractivity contribution is 4.89. The smallest absolute Gasteiger partial charge is 0.0510 e. The second kappa shape index (κ2) is 7.21. The van der Waals surface area contributed by atoms with Gasteiger partial charge in [-0.15, -0.1) is 0 Å². The number of piperidine rings is 1. The van der Waals surface area contributed by atoms with Gasteiger partial charge in [0.2, 0.25) is 0 Å². The van der Waals surface area contributed by atoms with E-state index in [1.807, 2.05) is 0 Å². The Morgan fingerprint density at radius 1 is 1.20 bits per heavy atom. The van der Waals surface area contributed by atoms with Gasteiger partial charge < -0.3 is 10.1 Å². The lowest BCUT2D eigenvalue weighted by atomic mass is 9.96. The van der Waals surface area contributed by atoms with Crippen molar-refractivity contribution in [1.82, 2.24) is 15.1 Å². The number of fused-ring (bicyclic) bond motifs is 1. The molecule has 0 radical (unpaired) electrons. The van der Waals surface area contributed by atoms with Gasteiger partial charge in [-0.2, -0.15) is 0 Å². The van der Waals surface area contributed by atoms with Crippen LogP contribution in [0.5, 0.6) is 0 Å². The lowest BCUT2D eigenvalue weighted by Gasteiger charge is -2.45. The van der Waals surface area contributed by atoms with Crippen LogP contribution in [0.2, 0.25) is 0 Å². The van der Waals surface area contributed by atoms with Crippen molar-refractivity contribution in [3.63, 3.8) is 0 Å². The summed E-state index contributed by atoms with van der Waals surface area (Å²) in [6.07, 6.45) is 5.49. The molecule has 4 nitrogen and oxygen atoms in total. The molecule has 0 aliphatic carbocycles. The van der Waals surface area contributed by atoms with Crippen molar-refractivity contribution in [2.45, 2.75) is 44.7 Å². The lowest BCUT2D eigenvalue weighted by Crippen LogP contribution is -2.57. The van der Waals surface area contributed by atoms with Crippen molar-refractivity contribution in [2.24, 2.45) is 5.92 Å². The summed E-state index contributed by atoms with van der Waals surface area (Å²) in [5, 5.41) is 3.71. The molecule has 0 bridgehead atoms. The van der Waals surface area contributed by atoms with E-state index in [-0.39, 0.29) is 0 Å². The first-order chi connectivity index (χ1) is 9.86. The Bertz CT molecular complexity index is 293. The molecule has 1 N–H and O–H groups in total. The van der Waals surface area contributed by atoms with Gasteiger partial charge >= 0.3 is 0 Å². The Balaban J connectivity index is 1.52. The summed E-state index contributed by atoms with van der Waals surface area (Å²) in [6.45, 7) is 11.6. The third-order valence-electron chi connectivity index (χ3n) is 5.38. The first-order valence-corrected chi connectivity index (χ1v) is 8.64. The van der Waals surface area contributed by atoms with Crippen molar-refractivity contribution in [3.8, 4) is 0 Å². The number of piperazine rings is 1. The molecule has 0 amide bonds. The number of likely N-dealkylation sites (N-methyl/N-ethyl adjacent to an activating group) is 1. The van der Waals surface area contributed by atoms with Crippen LogP contribution in [-0.2, 0) is 4.74 Å². The number of nitrogens with zero attached hydrogens (tertiary/aromatic N) is 2. The van der Waals surface area contributed by atoms with E-state index in [1.54, 1.807) is 0 Å². The molecule has 3 atom stereocenters. The molecule has 20 heavy (non-hydrogen) atoms. The maximum absolute atomic E-state index is 5.59. The first-order valence-electron chi connectivity index (χ1n) is 8.64. The van der Waals surface area contributed by atoms with Gasteiger partial charge in [0.1, 0.15) is 0 Å². The minimum absolute atomic E-state index is 0.623. The van der Waals surface area contributed by atoms with E-state index in [0.717, 1.165) is 31.7 Å². The van der Waals surface area contributed by atoms with Gasteiger partial charge in [-0.3, -0.25) is 9.80 Å². The molecule has 3 aliphatic rings. The van der Waals surface area contributed by atoms with Gasteiger partial charge in [-0.05, 0) is 32.4 Å². The third-order valence-corrected chi connectivity index (χ3v) is 5.38. The highest BCUT2D eigenvalue weighted by atomic mass is 16.5. The number of hydrogen-bond acceptors (Lipinski definition) is 4. The quantitative estimate of drug-likeness (QED) is 0.819. The number of ether oxygens (including phenoxy) is 1. The van der Waals surface area contributed by atoms with Crippen LogP contribution in [0.3, 0.4) is 0 Å². The molecule has 0 aromatic rings. The van der Waals surface area contributed by atoms with Crippen LogP contribution >= 0.6 is 0 Å². The first kappa shape index (κ1) is 14.8. The van der Waals surface area contributed by atoms with Gasteiger partial charge in [0.05, 0.1) is 6.61 Å². The van der Waals surface area contributed by atoms with Crippen molar-refractivity contribution in [1.29, 1.82) is 0 Å². The van der Waals surface area contributed by atoms with Crippen molar-refractivity contribution in [2.75, 3.05) is 52.5 Å². The number of rotatable bonds is 5. The average Bonchev–Trinajstić information content (AvgIpc) is 3.01. The highest BCUT2D eigenvalue weighted by Crippen LogP contribution is 2.23. The summed E-state index contributed by atoms with van der Waals surface area (Å²) in [5.41, 5.74) is 0. The van der Waals surface area contributed by atoms with E-state index < -0.39 is 0 Å². The normalized spacial score (nSPS) is 34.0. The third kappa shape index (κ3) is 3.53. The van der Waals surface area contributed by atoms with Gasteiger partial charge in [0.25, 0.3) is 0 Å². The molecule has 3 unspecified atom stereocenters. The Kier molecular flexibility index (Phi) is 5.32. The average molecular weight is 281 g/mol. The van der Waals surface area contributed by atoms with E-state index >= 15 is 0 Å².